The van der Waals surface area contributed by atoms with E-state index in [0.717, 1.165) is 5.56 Å². The van der Waals surface area contributed by atoms with Crippen molar-refractivity contribution < 1.29 is 19.1 Å². The van der Waals surface area contributed by atoms with Gasteiger partial charge in [-0.15, -0.1) is 0 Å². The van der Waals surface area contributed by atoms with Crippen LogP contribution < -0.4 is 20.2 Å². The summed E-state index contributed by atoms with van der Waals surface area (Å²) < 4.78 is 11.2. The minimum Gasteiger partial charge on any atom is -0.493 e. The molecule has 158 valence electrons. The van der Waals surface area contributed by atoms with Crippen molar-refractivity contribution in [2.45, 2.75) is 13.0 Å². The summed E-state index contributed by atoms with van der Waals surface area (Å²) in [7, 11) is 1.55. The molecular formula is C24H23N3O4. The summed E-state index contributed by atoms with van der Waals surface area (Å²) in [6, 6.07) is 24.1. The van der Waals surface area contributed by atoms with E-state index in [1.165, 1.54) is 6.21 Å². The lowest BCUT2D eigenvalue weighted by Crippen LogP contribution is -2.24. The molecule has 0 heterocycles. The lowest BCUT2D eigenvalue weighted by atomic mass is 10.2. The van der Waals surface area contributed by atoms with Crippen molar-refractivity contribution in [1.82, 2.24) is 5.43 Å². The van der Waals surface area contributed by atoms with E-state index >= 15 is 0 Å². The monoisotopic (exact) mass is 417 g/mol. The maximum absolute atomic E-state index is 11.9. The van der Waals surface area contributed by atoms with Gasteiger partial charge in [-0.25, -0.2) is 5.43 Å². The lowest BCUT2D eigenvalue weighted by molar-refractivity contribution is -0.126. The minimum atomic E-state index is -0.514. The third-order valence-electron chi connectivity index (χ3n) is 4.21. The van der Waals surface area contributed by atoms with Gasteiger partial charge in [-0.1, -0.05) is 48.5 Å². The van der Waals surface area contributed by atoms with Crippen molar-refractivity contribution >= 4 is 23.7 Å². The maximum atomic E-state index is 11.9. The van der Waals surface area contributed by atoms with Gasteiger partial charge in [0.15, 0.2) is 11.5 Å². The van der Waals surface area contributed by atoms with Gasteiger partial charge in [0.1, 0.15) is 13.0 Å². The first-order chi connectivity index (χ1) is 15.1. The predicted octanol–water partition coefficient (Wildman–Crippen LogP) is 3.75. The Bertz CT molecular complexity index is 1040. The van der Waals surface area contributed by atoms with Gasteiger partial charge in [0, 0.05) is 5.69 Å². The molecule has 3 aromatic rings. The molecule has 31 heavy (non-hydrogen) atoms. The fraction of sp³-hybridized carbons (Fsp3) is 0.125. The highest BCUT2D eigenvalue weighted by Crippen LogP contribution is 2.28. The van der Waals surface area contributed by atoms with Crippen LogP contribution in [0.3, 0.4) is 0 Å². The molecule has 0 bridgehead atoms. The summed E-state index contributed by atoms with van der Waals surface area (Å²) in [5, 5.41) is 6.54. The zero-order chi connectivity index (χ0) is 21.9. The smallest absolute Gasteiger partial charge is 0.249 e. The Labute approximate surface area is 180 Å². The first-order valence-electron chi connectivity index (χ1n) is 9.65. The molecule has 2 amide bonds. The molecule has 0 spiro atoms. The van der Waals surface area contributed by atoms with Crippen LogP contribution in [-0.4, -0.2) is 25.1 Å². The Morgan fingerprint density at radius 2 is 1.61 bits per heavy atom. The number of nitrogens with zero attached hydrogens (tertiary/aromatic N) is 1. The topological polar surface area (TPSA) is 89.0 Å². The second kappa shape index (κ2) is 11.2. The van der Waals surface area contributed by atoms with Gasteiger partial charge < -0.3 is 14.8 Å². The van der Waals surface area contributed by atoms with Gasteiger partial charge >= 0.3 is 0 Å². The van der Waals surface area contributed by atoms with E-state index in [4.69, 9.17) is 9.47 Å². The molecule has 0 aliphatic rings. The van der Waals surface area contributed by atoms with E-state index in [-0.39, 0.29) is 6.42 Å². The number of hydrogen-bond donors (Lipinski definition) is 2. The molecule has 0 aromatic heterocycles. The van der Waals surface area contributed by atoms with Crippen LogP contribution in [-0.2, 0) is 16.2 Å². The molecule has 3 rings (SSSR count). The number of carbonyl (C=O) groups is 2. The van der Waals surface area contributed by atoms with Gasteiger partial charge in [-0.05, 0) is 41.5 Å². The second-order valence-electron chi connectivity index (χ2n) is 6.57. The van der Waals surface area contributed by atoms with Crippen LogP contribution in [0.25, 0.3) is 0 Å². The Morgan fingerprint density at radius 3 is 2.32 bits per heavy atom. The van der Waals surface area contributed by atoms with Crippen LogP contribution >= 0.6 is 0 Å². The number of hydrazone groups is 1. The quantitative estimate of drug-likeness (QED) is 0.315. The van der Waals surface area contributed by atoms with Crippen molar-refractivity contribution in [1.29, 1.82) is 0 Å². The number of benzene rings is 3. The normalized spacial score (nSPS) is 10.5. The summed E-state index contributed by atoms with van der Waals surface area (Å²) >= 11 is 0. The van der Waals surface area contributed by atoms with Crippen LogP contribution in [0.4, 0.5) is 5.69 Å². The fourth-order valence-electron chi connectivity index (χ4n) is 2.71. The molecule has 0 fully saturated rings. The number of hydrogen-bond acceptors (Lipinski definition) is 5. The van der Waals surface area contributed by atoms with Crippen LogP contribution in [0.15, 0.2) is 84.0 Å². The van der Waals surface area contributed by atoms with Gasteiger partial charge in [-0.3, -0.25) is 9.59 Å². The lowest BCUT2D eigenvalue weighted by Gasteiger charge is -2.11. The average Bonchev–Trinajstić information content (AvgIpc) is 2.79. The summed E-state index contributed by atoms with van der Waals surface area (Å²) in [5.74, 6) is 0.221. The third kappa shape index (κ3) is 7.01. The van der Waals surface area contributed by atoms with E-state index < -0.39 is 11.8 Å². The molecule has 3 aromatic carbocycles. The number of anilines is 1. The summed E-state index contributed by atoms with van der Waals surface area (Å²) in [6.45, 7) is 0.422. The van der Waals surface area contributed by atoms with Crippen molar-refractivity contribution in [3.8, 4) is 11.5 Å². The van der Waals surface area contributed by atoms with Crippen LogP contribution in [0.1, 0.15) is 17.5 Å². The van der Waals surface area contributed by atoms with E-state index in [9.17, 15) is 9.59 Å². The van der Waals surface area contributed by atoms with Gasteiger partial charge in [0.25, 0.3) is 0 Å². The zero-order valence-electron chi connectivity index (χ0n) is 17.1. The Kier molecular flexibility index (Phi) is 7.77. The van der Waals surface area contributed by atoms with Gasteiger partial charge in [-0.2, -0.15) is 5.10 Å². The van der Waals surface area contributed by atoms with Crippen LogP contribution in [0.5, 0.6) is 11.5 Å². The van der Waals surface area contributed by atoms with Crippen molar-refractivity contribution in [2.75, 3.05) is 12.4 Å². The van der Waals surface area contributed by atoms with Gasteiger partial charge in [0.05, 0.1) is 13.3 Å². The standard InChI is InChI=1S/C24H23N3O4/c1-30-22-14-19(12-13-21(22)31-17-18-8-4-2-5-9-18)16-25-27-24(29)15-23(28)26-20-10-6-3-7-11-20/h2-14,16H,15,17H2,1H3,(H,26,28)(H,27,29). The van der Waals surface area contributed by atoms with E-state index in [1.807, 2.05) is 36.4 Å². The highest BCUT2D eigenvalue weighted by molar-refractivity contribution is 6.03. The first kappa shape index (κ1) is 21.6. The number of ether oxygens (including phenoxy) is 2. The Balaban J connectivity index is 1.50. The number of rotatable bonds is 9. The summed E-state index contributed by atoms with van der Waals surface area (Å²) in [5.41, 5.74) is 4.73. The predicted molar refractivity (Wildman–Crippen MR) is 119 cm³/mol. The third-order valence-corrected chi connectivity index (χ3v) is 4.21. The molecule has 0 aliphatic heterocycles. The molecule has 0 saturated heterocycles. The molecule has 7 heteroatoms. The van der Waals surface area contributed by atoms with Crippen LogP contribution in [0, 0.1) is 0 Å². The molecular weight excluding hydrogens is 394 g/mol. The number of amides is 2. The van der Waals surface area contributed by atoms with E-state index in [0.29, 0.717) is 29.4 Å². The highest BCUT2D eigenvalue weighted by Gasteiger charge is 2.09. The number of para-hydroxylation sites is 1. The molecule has 0 unspecified atom stereocenters. The van der Waals surface area contributed by atoms with Gasteiger partial charge in [0.2, 0.25) is 11.8 Å². The molecule has 2 N–H and O–H groups in total. The average molecular weight is 417 g/mol. The zero-order valence-corrected chi connectivity index (χ0v) is 17.1. The first-order valence-corrected chi connectivity index (χ1v) is 9.65. The van der Waals surface area contributed by atoms with Crippen molar-refractivity contribution in [3.63, 3.8) is 0 Å². The molecule has 0 atom stereocenters. The van der Waals surface area contributed by atoms with E-state index in [1.54, 1.807) is 49.6 Å². The summed E-state index contributed by atoms with van der Waals surface area (Å²) in [6.07, 6.45) is 1.14. The molecule has 0 saturated carbocycles. The summed E-state index contributed by atoms with van der Waals surface area (Å²) in [4.78, 5) is 23.8. The van der Waals surface area contributed by atoms with Crippen LogP contribution in [0.2, 0.25) is 0 Å². The SMILES string of the molecule is COc1cc(C=NNC(=O)CC(=O)Nc2ccccc2)ccc1OCc1ccccc1. The molecule has 0 aliphatic carbocycles. The van der Waals surface area contributed by atoms with E-state index in [2.05, 4.69) is 15.8 Å². The Hall–Kier alpha value is -4.13. The van der Waals surface area contributed by atoms with Crippen molar-refractivity contribution in [3.05, 3.63) is 90.0 Å². The maximum Gasteiger partial charge on any atom is 0.249 e. The Morgan fingerprint density at radius 1 is 0.903 bits per heavy atom. The minimum absolute atomic E-state index is 0.332. The number of nitrogens with one attached hydrogen (secondary N) is 2. The number of methoxy groups -OCH3 is 1. The molecule has 7 nitrogen and oxygen atoms in total. The highest BCUT2D eigenvalue weighted by atomic mass is 16.5. The number of carbonyl (C=O) groups excluding carboxylic acids is 2. The molecule has 0 radical (unpaired) electrons. The second-order valence-corrected chi connectivity index (χ2v) is 6.57. The van der Waals surface area contributed by atoms with Crippen molar-refractivity contribution in [2.24, 2.45) is 5.10 Å². The largest absolute Gasteiger partial charge is 0.493 e. The fourth-order valence-corrected chi connectivity index (χ4v) is 2.71.